The molecule has 0 saturated carbocycles. The lowest BCUT2D eigenvalue weighted by Gasteiger charge is -1.90. The number of halogens is 2. The minimum Gasteiger partial charge on any atom is -0.327 e. The van der Waals surface area contributed by atoms with Crippen LogP contribution < -0.4 is 5.56 Å². The van der Waals surface area contributed by atoms with Crippen molar-refractivity contribution in [2.24, 2.45) is 0 Å². The van der Waals surface area contributed by atoms with E-state index >= 15 is 0 Å². The number of aromatic nitrogens is 1. The van der Waals surface area contributed by atoms with Gasteiger partial charge in [-0.1, -0.05) is 11.6 Å². The van der Waals surface area contributed by atoms with Gasteiger partial charge in [0.05, 0.1) is 4.34 Å². The Kier molecular flexibility index (Phi) is 2.14. The zero-order valence-electron chi connectivity index (χ0n) is 5.73. The van der Waals surface area contributed by atoms with Gasteiger partial charge in [-0.05, 0) is 28.7 Å². The topological polar surface area (TPSA) is 32.9 Å². The summed E-state index contributed by atoms with van der Waals surface area (Å²) in [6, 6.07) is 1.82. The van der Waals surface area contributed by atoms with Crippen LogP contribution in [0.2, 0.25) is 4.34 Å². The molecule has 0 bridgehead atoms. The minimum atomic E-state index is -0.0673. The van der Waals surface area contributed by atoms with E-state index in [0.717, 1.165) is 8.96 Å². The molecule has 2 aromatic heterocycles. The molecule has 0 aliphatic rings. The van der Waals surface area contributed by atoms with Gasteiger partial charge in [0.15, 0.2) is 0 Å². The highest BCUT2D eigenvalue weighted by Gasteiger charge is 2.06. The number of pyridine rings is 1. The lowest BCUT2D eigenvalue weighted by Crippen LogP contribution is -2.03. The van der Waals surface area contributed by atoms with Gasteiger partial charge in [0.2, 0.25) is 0 Å². The third kappa shape index (κ3) is 1.27. The lowest BCUT2D eigenvalue weighted by molar-refractivity contribution is 1.27. The minimum absolute atomic E-state index is 0.0673. The van der Waals surface area contributed by atoms with Crippen molar-refractivity contribution in [1.82, 2.24) is 4.98 Å². The quantitative estimate of drug-likeness (QED) is 0.746. The Labute approximate surface area is 90.7 Å². The first-order valence-electron chi connectivity index (χ1n) is 3.15. The fourth-order valence-electron chi connectivity index (χ4n) is 0.979. The van der Waals surface area contributed by atoms with E-state index in [2.05, 4.69) is 27.6 Å². The number of rotatable bonds is 0. The van der Waals surface area contributed by atoms with Crippen LogP contribution in [0.5, 0.6) is 0 Å². The summed E-state index contributed by atoms with van der Waals surface area (Å²) in [5.41, 5.74) is -0.0673. The summed E-state index contributed by atoms with van der Waals surface area (Å²) in [6.45, 7) is 0. The van der Waals surface area contributed by atoms with E-state index in [-0.39, 0.29) is 5.56 Å². The van der Waals surface area contributed by atoms with Crippen molar-refractivity contribution in [3.8, 4) is 0 Å². The Balaban J connectivity index is 3.03. The van der Waals surface area contributed by atoms with Crippen LogP contribution in [0.25, 0.3) is 10.1 Å². The molecular weight excluding hydrogens is 309 g/mol. The normalized spacial score (nSPS) is 10.8. The fourth-order valence-corrected chi connectivity index (χ4v) is 2.89. The van der Waals surface area contributed by atoms with E-state index in [9.17, 15) is 4.79 Å². The summed E-state index contributed by atoms with van der Waals surface area (Å²) in [7, 11) is 0. The standard InChI is InChI=1S/C7H3ClINOS/c8-5-1-3-4(9)2-10-7(11)6(3)12-5/h1-2H,(H,10,11). The van der Waals surface area contributed by atoms with Crippen LogP contribution in [0.15, 0.2) is 17.1 Å². The zero-order chi connectivity index (χ0) is 8.72. The SMILES string of the molecule is O=c1[nH]cc(I)c2cc(Cl)sc12. The van der Waals surface area contributed by atoms with Gasteiger partial charge in [-0.25, -0.2) is 0 Å². The third-order valence-corrected chi connectivity index (χ3v) is 3.65. The number of fused-ring (bicyclic) bond motifs is 1. The van der Waals surface area contributed by atoms with Crippen molar-refractivity contribution in [1.29, 1.82) is 0 Å². The smallest absolute Gasteiger partial charge is 0.266 e. The lowest BCUT2D eigenvalue weighted by atomic mass is 10.3. The molecule has 12 heavy (non-hydrogen) atoms. The van der Waals surface area contributed by atoms with E-state index in [1.165, 1.54) is 11.3 Å². The molecule has 2 nitrogen and oxygen atoms in total. The van der Waals surface area contributed by atoms with Crippen LogP contribution in [0, 0.1) is 3.57 Å². The molecule has 2 rings (SSSR count). The summed E-state index contributed by atoms with van der Waals surface area (Å²) >= 11 is 9.27. The number of nitrogens with one attached hydrogen (secondary N) is 1. The van der Waals surface area contributed by atoms with E-state index < -0.39 is 0 Å². The number of thiophene rings is 1. The largest absolute Gasteiger partial charge is 0.327 e. The second-order valence-corrected chi connectivity index (χ2v) is 5.10. The van der Waals surface area contributed by atoms with E-state index in [0.29, 0.717) is 9.04 Å². The molecule has 62 valence electrons. The predicted octanol–water partition coefficient (Wildman–Crippen LogP) is 2.85. The Bertz CT molecular complexity index is 490. The number of hydrogen-bond donors (Lipinski definition) is 1. The van der Waals surface area contributed by atoms with Crippen molar-refractivity contribution >= 4 is 55.6 Å². The summed E-state index contributed by atoms with van der Waals surface area (Å²) < 4.78 is 2.37. The predicted molar refractivity (Wildman–Crippen MR) is 60.2 cm³/mol. The maximum Gasteiger partial charge on any atom is 0.266 e. The highest BCUT2D eigenvalue weighted by Crippen LogP contribution is 2.29. The van der Waals surface area contributed by atoms with Gasteiger partial charge in [0, 0.05) is 15.2 Å². The van der Waals surface area contributed by atoms with Gasteiger partial charge in [-0.15, -0.1) is 11.3 Å². The molecule has 0 radical (unpaired) electrons. The Morgan fingerprint density at radius 1 is 1.58 bits per heavy atom. The first-order chi connectivity index (χ1) is 5.68. The van der Waals surface area contributed by atoms with Crippen LogP contribution >= 0.6 is 45.5 Å². The second kappa shape index (κ2) is 3.01. The summed E-state index contributed by atoms with van der Waals surface area (Å²) in [5.74, 6) is 0. The average molecular weight is 312 g/mol. The van der Waals surface area contributed by atoms with Gasteiger partial charge < -0.3 is 4.98 Å². The first-order valence-corrected chi connectivity index (χ1v) is 5.42. The molecule has 0 spiro atoms. The summed E-state index contributed by atoms with van der Waals surface area (Å²) in [6.07, 6.45) is 1.69. The van der Waals surface area contributed by atoms with Gasteiger partial charge in [-0.2, -0.15) is 0 Å². The molecule has 0 saturated heterocycles. The number of H-pyrrole nitrogens is 1. The van der Waals surface area contributed by atoms with E-state index in [4.69, 9.17) is 11.6 Å². The molecule has 0 amide bonds. The highest BCUT2D eigenvalue weighted by molar-refractivity contribution is 14.1. The molecule has 0 aliphatic carbocycles. The van der Waals surface area contributed by atoms with Gasteiger partial charge in [0.1, 0.15) is 4.70 Å². The summed E-state index contributed by atoms with van der Waals surface area (Å²) in [4.78, 5) is 13.9. The van der Waals surface area contributed by atoms with Crippen molar-refractivity contribution in [3.05, 3.63) is 30.5 Å². The van der Waals surface area contributed by atoms with Crippen LogP contribution in [0.1, 0.15) is 0 Å². The van der Waals surface area contributed by atoms with Crippen molar-refractivity contribution in [2.75, 3.05) is 0 Å². The van der Waals surface area contributed by atoms with E-state index in [1.54, 1.807) is 6.20 Å². The fraction of sp³-hybridized carbons (Fsp3) is 0. The average Bonchev–Trinajstić information content (AvgIpc) is 2.41. The molecule has 1 N–H and O–H groups in total. The van der Waals surface area contributed by atoms with Gasteiger partial charge in [-0.3, -0.25) is 4.79 Å². The molecule has 2 aromatic rings. The van der Waals surface area contributed by atoms with Crippen LogP contribution in [0.4, 0.5) is 0 Å². The number of aromatic amines is 1. The Morgan fingerprint density at radius 2 is 2.33 bits per heavy atom. The van der Waals surface area contributed by atoms with Crippen molar-refractivity contribution < 1.29 is 0 Å². The Hall–Kier alpha value is -0.0700. The Morgan fingerprint density at radius 3 is 3.00 bits per heavy atom. The van der Waals surface area contributed by atoms with Crippen molar-refractivity contribution in [3.63, 3.8) is 0 Å². The zero-order valence-corrected chi connectivity index (χ0v) is 9.46. The van der Waals surface area contributed by atoms with Crippen LogP contribution in [0.3, 0.4) is 0 Å². The molecule has 0 aromatic carbocycles. The summed E-state index contributed by atoms with van der Waals surface area (Å²) in [5, 5.41) is 0.939. The molecule has 0 fully saturated rings. The van der Waals surface area contributed by atoms with Gasteiger partial charge >= 0.3 is 0 Å². The maximum atomic E-state index is 11.2. The second-order valence-electron chi connectivity index (χ2n) is 2.26. The van der Waals surface area contributed by atoms with E-state index in [1.807, 2.05) is 6.07 Å². The molecule has 5 heteroatoms. The van der Waals surface area contributed by atoms with Crippen molar-refractivity contribution in [2.45, 2.75) is 0 Å². The highest BCUT2D eigenvalue weighted by atomic mass is 127. The maximum absolute atomic E-state index is 11.2. The van der Waals surface area contributed by atoms with Gasteiger partial charge in [0.25, 0.3) is 5.56 Å². The third-order valence-electron chi connectivity index (χ3n) is 1.50. The van der Waals surface area contributed by atoms with Crippen LogP contribution in [-0.4, -0.2) is 4.98 Å². The molecule has 0 atom stereocenters. The van der Waals surface area contributed by atoms with Crippen LogP contribution in [-0.2, 0) is 0 Å². The molecule has 0 aliphatic heterocycles. The molecular formula is C7H3ClINOS. The molecule has 2 heterocycles. The monoisotopic (exact) mass is 311 g/mol. The number of hydrogen-bond acceptors (Lipinski definition) is 2. The molecule has 0 unspecified atom stereocenters. The first kappa shape index (κ1) is 8.52.